The van der Waals surface area contributed by atoms with Gasteiger partial charge >= 0.3 is 0 Å². The van der Waals surface area contributed by atoms with Gasteiger partial charge < -0.3 is 0 Å². The van der Waals surface area contributed by atoms with Crippen molar-refractivity contribution in [1.29, 1.82) is 0 Å². The van der Waals surface area contributed by atoms with Crippen LogP contribution in [-0.4, -0.2) is 5.78 Å². The molecule has 0 aromatic heterocycles. The van der Waals surface area contributed by atoms with Gasteiger partial charge in [-0.1, -0.05) is 35.9 Å². The van der Waals surface area contributed by atoms with Crippen LogP contribution in [0.4, 0.5) is 0 Å². The number of hydrogen-bond acceptors (Lipinski definition) is 1. The zero-order valence-corrected chi connectivity index (χ0v) is 9.33. The van der Waals surface area contributed by atoms with E-state index in [4.69, 9.17) is 0 Å². The molecule has 1 heteroatoms. The molecule has 0 saturated heterocycles. The van der Waals surface area contributed by atoms with Gasteiger partial charge in [0, 0.05) is 12.8 Å². The Morgan fingerprint density at radius 1 is 1.47 bits per heavy atom. The van der Waals surface area contributed by atoms with Crippen LogP contribution in [0, 0.1) is 6.92 Å². The monoisotopic (exact) mass is 202 g/mol. The number of benzene rings is 1. The van der Waals surface area contributed by atoms with E-state index in [9.17, 15) is 4.79 Å². The van der Waals surface area contributed by atoms with Gasteiger partial charge in [0.05, 0.1) is 0 Å². The SMILES string of the molecule is C=CCCCC(=O)Cc1cccc(C)c1. The molecule has 0 atom stereocenters. The summed E-state index contributed by atoms with van der Waals surface area (Å²) in [6.45, 7) is 5.69. The smallest absolute Gasteiger partial charge is 0.137 e. The lowest BCUT2D eigenvalue weighted by Crippen LogP contribution is -2.02. The molecule has 0 bridgehead atoms. The van der Waals surface area contributed by atoms with Crippen LogP contribution in [0.5, 0.6) is 0 Å². The standard InChI is InChI=1S/C14H18O/c1-3-4-5-9-14(15)11-13-8-6-7-12(2)10-13/h3,6-8,10H,1,4-5,9,11H2,2H3. The Morgan fingerprint density at radius 3 is 2.93 bits per heavy atom. The topological polar surface area (TPSA) is 17.1 Å². The Hall–Kier alpha value is -1.37. The van der Waals surface area contributed by atoms with E-state index >= 15 is 0 Å². The molecule has 0 fully saturated rings. The van der Waals surface area contributed by atoms with Crippen LogP contribution in [0.1, 0.15) is 30.4 Å². The van der Waals surface area contributed by atoms with Crippen LogP contribution >= 0.6 is 0 Å². The number of carbonyl (C=O) groups excluding carboxylic acids is 1. The summed E-state index contributed by atoms with van der Waals surface area (Å²) in [4.78, 5) is 11.6. The van der Waals surface area contributed by atoms with Crippen molar-refractivity contribution < 1.29 is 4.79 Å². The highest BCUT2D eigenvalue weighted by Crippen LogP contribution is 2.07. The molecule has 0 saturated carbocycles. The largest absolute Gasteiger partial charge is 0.299 e. The Kier molecular flexibility index (Phi) is 4.82. The van der Waals surface area contributed by atoms with Crippen molar-refractivity contribution in [2.24, 2.45) is 0 Å². The number of allylic oxidation sites excluding steroid dienone is 1. The summed E-state index contributed by atoms with van der Waals surface area (Å²) in [5.41, 5.74) is 2.34. The summed E-state index contributed by atoms with van der Waals surface area (Å²) in [5.74, 6) is 0.322. The van der Waals surface area contributed by atoms with Crippen molar-refractivity contribution in [2.45, 2.75) is 32.6 Å². The van der Waals surface area contributed by atoms with E-state index in [0.29, 0.717) is 18.6 Å². The molecule has 80 valence electrons. The normalized spacial score (nSPS) is 9.93. The number of aryl methyl sites for hydroxylation is 1. The second kappa shape index (κ2) is 6.18. The Balaban J connectivity index is 2.40. The average molecular weight is 202 g/mol. The fourth-order valence-corrected chi connectivity index (χ4v) is 1.58. The van der Waals surface area contributed by atoms with Crippen molar-refractivity contribution in [3.05, 3.63) is 48.0 Å². The van der Waals surface area contributed by atoms with Crippen molar-refractivity contribution >= 4 is 5.78 Å². The van der Waals surface area contributed by atoms with Crippen molar-refractivity contribution in [3.8, 4) is 0 Å². The van der Waals surface area contributed by atoms with Gasteiger partial charge in [-0.3, -0.25) is 4.79 Å². The number of unbranched alkanes of at least 4 members (excludes halogenated alkanes) is 1. The van der Waals surface area contributed by atoms with E-state index < -0.39 is 0 Å². The second-order valence-electron chi connectivity index (χ2n) is 3.89. The molecular formula is C14H18O. The zero-order valence-electron chi connectivity index (χ0n) is 9.33. The molecular weight excluding hydrogens is 184 g/mol. The van der Waals surface area contributed by atoms with Crippen LogP contribution in [-0.2, 0) is 11.2 Å². The van der Waals surface area contributed by atoms with Crippen LogP contribution in [0.15, 0.2) is 36.9 Å². The fourth-order valence-electron chi connectivity index (χ4n) is 1.58. The fraction of sp³-hybridized carbons (Fsp3) is 0.357. The van der Waals surface area contributed by atoms with Gasteiger partial charge in [-0.05, 0) is 25.3 Å². The first kappa shape index (κ1) is 11.7. The van der Waals surface area contributed by atoms with Crippen LogP contribution < -0.4 is 0 Å². The van der Waals surface area contributed by atoms with Gasteiger partial charge in [0.25, 0.3) is 0 Å². The van der Waals surface area contributed by atoms with E-state index in [1.165, 1.54) is 5.56 Å². The summed E-state index contributed by atoms with van der Waals surface area (Å²) in [6, 6.07) is 8.14. The van der Waals surface area contributed by atoms with Gasteiger partial charge in [0.15, 0.2) is 0 Å². The molecule has 1 aromatic rings. The third-order valence-corrected chi connectivity index (χ3v) is 2.35. The molecule has 0 heterocycles. The van der Waals surface area contributed by atoms with Crippen LogP contribution in [0.25, 0.3) is 0 Å². The van der Waals surface area contributed by atoms with Crippen molar-refractivity contribution in [1.82, 2.24) is 0 Å². The molecule has 1 aromatic carbocycles. The summed E-state index contributed by atoms with van der Waals surface area (Å²) in [7, 11) is 0. The maximum atomic E-state index is 11.6. The number of rotatable bonds is 6. The van der Waals surface area contributed by atoms with Gasteiger partial charge in [-0.2, -0.15) is 0 Å². The molecule has 0 spiro atoms. The van der Waals surface area contributed by atoms with Gasteiger partial charge in [-0.25, -0.2) is 0 Å². The van der Waals surface area contributed by atoms with Gasteiger partial charge in [0.2, 0.25) is 0 Å². The van der Waals surface area contributed by atoms with Gasteiger partial charge in [0.1, 0.15) is 5.78 Å². The molecule has 0 aliphatic heterocycles. The lowest BCUT2D eigenvalue weighted by molar-refractivity contribution is -0.118. The van der Waals surface area contributed by atoms with Crippen LogP contribution in [0.2, 0.25) is 0 Å². The van der Waals surface area contributed by atoms with Gasteiger partial charge in [-0.15, -0.1) is 6.58 Å². The Bertz CT molecular complexity index is 339. The highest BCUT2D eigenvalue weighted by Gasteiger charge is 2.02. The minimum atomic E-state index is 0.322. The van der Waals surface area contributed by atoms with E-state index in [-0.39, 0.29) is 0 Å². The molecule has 0 aliphatic carbocycles. The molecule has 15 heavy (non-hydrogen) atoms. The molecule has 1 nitrogen and oxygen atoms in total. The molecule has 0 aliphatic rings. The third-order valence-electron chi connectivity index (χ3n) is 2.35. The predicted octanol–water partition coefficient (Wildman–Crippen LogP) is 3.46. The second-order valence-corrected chi connectivity index (χ2v) is 3.89. The third kappa shape index (κ3) is 4.59. The molecule has 1 rings (SSSR count). The first-order valence-corrected chi connectivity index (χ1v) is 5.40. The number of Topliss-reactive ketones (excluding diaryl/α,β-unsaturated/α-hetero) is 1. The zero-order chi connectivity index (χ0) is 11.1. The Labute approximate surface area is 91.8 Å². The first-order valence-electron chi connectivity index (χ1n) is 5.40. The summed E-state index contributed by atoms with van der Waals surface area (Å²) >= 11 is 0. The highest BCUT2D eigenvalue weighted by atomic mass is 16.1. The first-order chi connectivity index (χ1) is 7.22. The Morgan fingerprint density at radius 2 is 2.27 bits per heavy atom. The van der Waals surface area contributed by atoms with E-state index in [2.05, 4.69) is 12.6 Å². The van der Waals surface area contributed by atoms with E-state index in [1.807, 2.05) is 31.2 Å². The maximum Gasteiger partial charge on any atom is 0.137 e. The molecule has 0 N–H and O–H groups in total. The average Bonchev–Trinajstić information content (AvgIpc) is 2.18. The minimum absolute atomic E-state index is 0.322. The van der Waals surface area contributed by atoms with Crippen LogP contribution in [0.3, 0.4) is 0 Å². The van der Waals surface area contributed by atoms with E-state index in [0.717, 1.165) is 18.4 Å². The lowest BCUT2D eigenvalue weighted by atomic mass is 10.0. The molecule has 0 unspecified atom stereocenters. The maximum absolute atomic E-state index is 11.6. The van der Waals surface area contributed by atoms with Crippen molar-refractivity contribution in [2.75, 3.05) is 0 Å². The van der Waals surface area contributed by atoms with Crippen molar-refractivity contribution in [3.63, 3.8) is 0 Å². The lowest BCUT2D eigenvalue weighted by Gasteiger charge is -2.01. The summed E-state index contributed by atoms with van der Waals surface area (Å²) in [5, 5.41) is 0. The summed E-state index contributed by atoms with van der Waals surface area (Å²) < 4.78 is 0. The number of hydrogen-bond donors (Lipinski definition) is 0. The number of carbonyl (C=O) groups is 1. The summed E-state index contributed by atoms with van der Waals surface area (Å²) in [6.07, 6.45) is 4.95. The van der Waals surface area contributed by atoms with E-state index in [1.54, 1.807) is 0 Å². The number of ketones is 1. The molecule has 0 amide bonds. The highest BCUT2D eigenvalue weighted by molar-refractivity contribution is 5.80. The molecule has 0 radical (unpaired) electrons. The minimum Gasteiger partial charge on any atom is -0.299 e. The predicted molar refractivity (Wildman–Crippen MR) is 63.9 cm³/mol. The quantitative estimate of drug-likeness (QED) is 0.510.